The van der Waals surface area contributed by atoms with E-state index in [1.165, 1.54) is 19.2 Å². The minimum Gasteiger partial charge on any atom is -0.465 e. The van der Waals surface area contributed by atoms with Gasteiger partial charge in [-0.15, -0.1) is 0 Å². The van der Waals surface area contributed by atoms with E-state index in [0.717, 1.165) is 24.3 Å². The summed E-state index contributed by atoms with van der Waals surface area (Å²) in [6, 6.07) is 9.03. The number of ether oxygens (including phenoxy) is 1. The molecule has 0 aromatic heterocycles. The Bertz CT molecular complexity index is 720. The molecule has 2 aromatic rings. The van der Waals surface area contributed by atoms with Crippen molar-refractivity contribution < 1.29 is 18.3 Å². The van der Waals surface area contributed by atoms with Crippen LogP contribution in [0.3, 0.4) is 0 Å². The van der Waals surface area contributed by atoms with Crippen molar-refractivity contribution >= 4 is 5.97 Å². The summed E-state index contributed by atoms with van der Waals surface area (Å²) in [4.78, 5) is 11.4. The SMILES string of the molecule is COC(=O)c1cc(F)cc(-c2cc(F)cc(C#N)c2)c1. The maximum atomic E-state index is 13.5. The minimum atomic E-state index is -0.692. The number of carbonyl (C=O) groups is 1. The van der Waals surface area contributed by atoms with Crippen molar-refractivity contribution in [2.24, 2.45) is 0 Å². The Hall–Kier alpha value is -2.74. The van der Waals surface area contributed by atoms with E-state index in [0.29, 0.717) is 11.1 Å². The minimum absolute atomic E-state index is 0.0188. The zero-order valence-electron chi connectivity index (χ0n) is 10.5. The van der Waals surface area contributed by atoms with Gasteiger partial charge in [0.05, 0.1) is 24.3 Å². The monoisotopic (exact) mass is 273 g/mol. The van der Waals surface area contributed by atoms with E-state index in [2.05, 4.69) is 4.74 Å². The second kappa shape index (κ2) is 5.49. The van der Waals surface area contributed by atoms with Gasteiger partial charge >= 0.3 is 5.97 Å². The third kappa shape index (κ3) is 2.81. The summed E-state index contributed by atoms with van der Waals surface area (Å²) in [5.74, 6) is -1.95. The number of hydrogen-bond acceptors (Lipinski definition) is 3. The zero-order valence-corrected chi connectivity index (χ0v) is 10.5. The lowest BCUT2D eigenvalue weighted by molar-refractivity contribution is 0.0600. The maximum absolute atomic E-state index is 13.5. The molecule has 0 aliphatic rings. The van der Waals surface area contributed by atoms with Crippen LogP contribution in [-0.2, 0) is 4.74 Å². The number of esters is 1. The van der Waals surface area contributed by atoms with E-state index >= 15 is 0 Å². The highest BCUT2D eigenvalue weighted by molar-refractivity contribution is 5.91. The summed E-state index contributed by atoms with van der Waals surface area (Å²) < 4.78 is 31.4. The third-order valence-electron chi connectivity index (χ3n) is 2.68. The predicted molar refractivity (Wildman–Crippen MR) is 67.8 cm³/mol. The molecular weight excluding hydrogens is 264 g/mol. The lowest BCUT2D eigenvalue weighted by Gasteiger charge is -2.06. The Kier molecular flexibility index (Phi) is 3.76. The van der Waals surface area contributed by atoms with Gasteiger partial charge in [-0.2, -0.15) is 5.26 Å². The summed E-state index contributed by atoms with van der Waals surface area (Å²) in [6.07, 6.45) is 0. The smallest absolute Gasteiger partial charge is 0.337 e. The number of nitriles is 1. The standard InChI is InChI=1S/C15H9F2NO2/c1-20-15(19)12-4-11(6-14(17)7-12)10-2-9(8-18)3-13(16)5-10/h2-7H,1H3. The second-order valence-corrected chi connectivity index (χ2v) is 4.06. The van der Waals surface area contributed by atoms with Gasteiger partial charge in [0, 0.05) is 0 Å². The quantitative estimate of drug-likeness (QED) is 0.789. The van der Waals surface area contributed by atoms with E-state index in [4.69, 9.17) is 5.26 Å². The first-order valence-corrected chi connectivity index (χ1v) is 5.63. The van der Waals surface area contributed by atoms with Crippen LogP contribution in [0.2, 0.25) is 0 Å². The molecule has 0 saturated heterocycles. The lowest BCUT2D eigenvalue weighted by Crippen LogP contribution is -2.02. The first-order chi connectivity index (χ1) is 9.53. The maximum Gasteiger partial charge on any atom is 0.337 e. The lowest BCUT2D eigenvalue weighted by atomic mass is 10.0. The van der Waals surface area contributed by atoms with Crippen LogP contribution in [-0.4, -0.2) is 13.1 Å². The Morgan fingerprint density at radius 2 is 1.65 bits per heavy atom. The van der Waals surface area contributed by atoms with Crippen LogP contribution in [0.1, 0.15) is 15.9 Å². The highest BCUT2D eigenvalue weighted by Crippen LogP contribution is 2.24. The van der Waals surface area contributed by atoms with E-state index in [9.17, 15) is 13.6 Å². The van der Waals surface area contributed by atoms with Gasteiger partial charge in [-0.3, -0.25) is 0 Å². The highest BCUT2D eigenvalue weighted by atomic mass is 19.1. The van der Waals surface area contributed by atoms with Crippen molar-refractivity contribution in [3.63, 3.8) is 0 Å². The van der Waals surface area contributed by atoms with Crippen LogP contribution in [0.15, 0.2) is 36.4 Å². The summed E-state index contributed by atoms with van der Waals surface area (Å²) >= 11 is 0. The normalized spacial score (nSPS) is 9.90. The van der Waals surface area contributed by atoms with Gasteiger partial charge in [0.2, 0.25) is 0 Å². The highest BCUT2D eigenvalue weighted by Gasteiger charge is 2.11. The summed E-state index contributed by atoms with van der Waals surface area (Å²) in [6.45, 7) is 0. The average molecular weight is 273 g/mol. The molecule has 0 amide bonds. The number of rotatable bonds is 2. The van der Waals surface area contributed by atoms with Crippen LogP contribution in [0, 0.1) is 23.0 Å². The van der Waals surface area contributed by atoms with Crippen molar-refractivity contribution in [3.05, 3.63) is 59.2 Å². The van der Waals surface area contributed by atoms with Crippen molar-refractivity contribution in [1.82, 2.24) is 0 Å². The fourth-order valence-electron chi connectivity index (χ4n) is 1.81. The number of methoxy groups -OCH3 is 1. The van der Waals surface area contributed by atoms with Gasteiger partial charge in [-0.25, -0.2) is 13.6 Å². The van der Waals surface area contributed by atoms with Gasteiger partial charge in [0.15, 0.2) is 0 Å². The molecule has 2 rings (SSSR count). The summed E-state index contributed by atoms with van der Waals surface area (Å²) in [5.41, 5.74) is 0.738. The van der Waals surface area contributed by atoms with E-state index in [-0.39, 0.29) is 11.1 Å². The Morgan fingerprint density at radius 3 is 2.25 bits per heavy atom. The third-order valence-corrected chi connectivity index (χ3v) is 2.68. The number of benzene rings is 2. The van der Waals surface area contributed by atoms with E-state index < -0.39 is 17.6 Å². The number of nitrogens with zero attached hydrogens (tertiary/aromatic N) is 1. The van der Waals surface area contributed by atoms with Gasteiger partial charge in [0.25, 0.3) is 0 Å². The number of carbonyl (C=O) groups excluding carboxylic acids is 1. The molecule has 3 nitrogen and oxygen atoms in total. The molecule has 0 unspecified atom stereocenters. The Labute approximate surface area is 114 Å². The topological polar surface area (TPSA) is 50.1 Å². The molecule has 0 heterocycles. The molecule has 0 aliphatic carbocycles. The zero-order chi connectivity index (χ0) is 14.7. The van der Waals surface area contributed by atoms with Gasteiger partial charge < -0.3 is 4.74 Å². The van der Waals surface area contributed by atoms with Gasteiger partial charge in [-0.05, 0) is 47.5 Å². The molecule has 0 radical (unpaired) electrons. The summed E-state index contributed by atoms with van der Waals surface area (Å²) in [7, 11) is 1.18. The molecule has 5 heteroatoms. The largest absolute Gasteiger partial charge is 0.465 e. The van der Waals surface area contributed by atoms with Crippen LogP contribution in [0.25, 0.3) is 11.1 Å². The molecule has 0 fully saturated rings. The Balaban J connectivity index is 2.58. The predicted octanol–water partition coefficient (Wildman–Crippen LogP) is 3.29. The van der Waals surface area contributed by atoms with Gasteiger partial charge in [0.1, 0.15) is 11.6 Å². The molecule has 0 saturated carbocycles. The van der Waals surface area contributed by atoms with Crippen molar-refractivity contribution in [1.29, 1.82) is 5.26 Å². The molecular formula is C15H9F2NO2. The molecule has 0 bridgehead atoms. The average Bonchev–Trinajstić information content (AvgIpc) is 2.45. The molecule has 0 N–H and O–H groups in total. The van der Waals surface area contributed by atoms with Crippen LogP contribution < -0.4 is 0 Å². The van der Waals surface area contributed by atoms with Crippen molar-refractivity contribution in [2.45, 2.75) is 0 Å². The van der Waals surface area contributed by atoms with Crippen LogP contribution in [0.4, 0.5) is 8.78 Å². The first kappa shape index (κ1) is 13.7. The second-order valence-electron chi connectivity index (χ2n) is 4.06. The molecule has 2 aromatic carbocycles. The van der Waals surface area contributed by atoms with E-state index in [1.807, 2.05) is 6.07 Å². The number of halogens is 2. The molecule has 0 atom stereocenters. The van der Waals surface area contributed by atoms with Crippen molar-refractivity contribution in [3.8, 4) is 17.2 Å². The summed E-state index contributed by atoms with van der Waals surface area (Å²) in [5, 5.41) is 8.80. The molecule has 0 aliphatic heterocycles. The molecule has 0 spiro atoms. The first-order valence-electron chi connectivity index (χ1n) is 5.63. The Morgan fingerprint density at radius 1 is 1.05 bits per heavy atom. The van der Waals surface area contributed by atoms with Crippen LogP contribution in [0.5, 0.6) is 0 Å². The molecule has 20 heavy (non-hydrogen) atoms. The van der Waals surface area contributed by atoms with Crippen molar-refractivity contribution in [2.75, 3.05) is 7.11 Å². The van der Waals surface area contributed by atoms with E-state index in [1.54, 1.807) is 0 Å². The number of hydrogen-bond donors (Lipinski definition) is 0. The fraction of sp³-hybridized carbons (Fsp3) is 0.0667. The van der Waals surface area contributed by atoms with Crippen LogP contribution >= 0.6 is 0 Å². The van der Waals surface area contributed by atoms with Gasteiger partial charge in [-0.1, -0.05) is 0 Å². The fourth-order valence-corrected chi connectivity index (χ4v) is 1.81. The molecule has 100 valence electrons.